The Morgan fingerprint density at radius 2 is 1.95 bits per heavy atom. The summed E-state index contributed by atoms with van der Waals surface area (Å²) in [4.78, 5) is 20.3. The molecule has 1 amide bonds. The molecule has 0 aliphatic rings. The van der Waals surface area contributed by atoms with Gasteiger partial charge >= 0.3 is 0 Å². The number of hydrogen-bond acceptors (Lipinski definition) is 3. The normalized spacial score (nSPS) is 10.3. The summed E-state index contributed by atoms with van der Waals surface area (Å²) in [5.74, 6) is -0.489. The van der Waals surface area contributed by atoms with Crippen molar-refractivity contribution in [1.82, 2.24) is 14.5 Å². The summed E-state index contributed by atoms with van der Waals surface area (Å²) < 4.78 is 1.91. The molecule has 21 heavy (non-hydrogen) atoms. The van der Waals surface area contributed by atoms with Crippen LogP contribution in [0.2, 0.25) is 0 Å². The van der Waals surface area contributed by atoms with Gasteiger partial charge < -0.3 is 10.3 Å². The molecule has 0 saturated carbocycles. The van der Waals surface area contributed by atoms with Crippen LogP contribution in [-0.2, 0) is 6.54 Å². The fourth-order valence-corrected chi connectivity index (χ4v) is 2.32. The summed E-state index contributed by atoms with van der Waals surface area (Å²) in [5.41, 5.74) is 9.01. The fourth-order valence-electron chi connectivity index (χ4n) is 2.32. The highest BCUT2D eigenvalue weighted by atomic mass is 35.5. The van der Waals surface area contributed by atoms with Gasteiger partial charge in [-0.25, -0.2) is 4.98 Å². The van der Waals surface area contributed by atoms with E-state index in [0.29, 0.717) is 11.1 Å². The minimum atomic E-state index is -0.489. The molecule has 2 heterocycles. The Hall–Kier alpha value is -2.40. The van der Waals surface area contributed by atoms with Gasteiger partial charge in [0.05, 0.1) is 23.1 Å². The molecule has 0 radical (unpaired) electrons. The second-order valence-corrected chi connectivity index (χ2v) is 4.48. The van der Waals surface area contributed by atoms with Crippen molar-refractivity contribution in [3.63, 3.8) is 0 Å². The first-order valence-electron chi connectivity index (χ1n) is 6.41. The van der Waals surface area contributed by atoms with Gasteiger partial charge in [-0.2, -0.15) is 0 Å². The average Bonchev–Trinajstić information content (AvgIpc) is 2.91. The van der Waals surface area contributed by atoms with E-state index in [1.54, 1.807) is 6.33 Å². The number of halogens is 1. The number of nitrogens with two attached hydrogens (primary N) is 1. The number of amides is 1. The first kappa shape index (κ1) is 15.0. The third-order valence-electron chi connectivity index (χ3n) is 3.29. The Morgan fingerprint density at radius 3 is 2.57 bits per heavy atom. The third kappa shape index (κ3) is 2.48. The third-order valence-corrected chi connectivity index (χ3v) is 3.29. The molecule has 108 valence electrons. The molecule has 3 aromatic rings. The molecule has 3 rings (SSSR count). The quantitative estimate of drug-likeness (QED) is 0.808. The van der Waals surface area contributed by atoms with Gasteiger partial charge in [-0.1, -0.05) is 30.3 Å². The molecule has 2 N–H and O–H groups in total. The molecular weight excluding hydrogens is 288 g/mol. The van der Waals surface area contributed by atoms with Gasteiger partial charge in [0, 0.05) is 18.3 Å². The number of carbonyl (C=O) groups is 1. The van der Waals surface area contributed by atoms with Crippen LogP contribution in [-0.4, -0.2) is 20.4 Å². The first-order valence-corrected chi connectivity index (χ1v) is 6.41. The smallest absolute Gasteiger partial charge is 0.252 e. The first-order chi connectivity index (χ1) is 9.72. The number of hydrogen-bond donors (Lipinski definition) is 1. The minimum Gasteiger partial charge on any atom is -0.365 e. The average molecular weight is 303 g/mol. The van der Waals surface area contributed by atoms with E-state index >= 15 is 0 Å². The van der Waals surface area contributed by atoms with Crippen LogP contribution in [0, 0.1) is 0 Å². The van der Waals surface area contributed by atoms with Crippen molar-refractivity contribution in [2.45, 2.75) is 13.5 Å². The van der Waals surface area contributed by atoms with Crippen LogP contribution in [0.25, 0.3) is 22.3 Å². The number of primary amides is 1. The van der Waals surface area contributed by atoms with Gasteiger partial charge in [0.15, 0.2) is 0 Å². The molecular formula is C15H15ClN4O. The number of pyridine rings is 1. The van der Waals surface area contributed by atoms with Crippen LogP contribution >= 0.6 is 12.4 Å². The van der Waals surface area contributed by atoms with Crippen molar-refractivity contribution in [1.29, 1.82) is 0 Å². The van der Waals surface area contributed by atoms with Crippen molar-refractivity contribution in [2.24, 2.45) is 5.73 Å². The highest BCUT2D eigenvalue weighted by molar-refractivity contribution is 6.06. The summed E-state index contributed by atoms with van der Waals surface area (Å²) in [6.45, 7) is 2.71. The number of benzene rings is 1. The monoisotopic (exact) mass is 302 g/mol. The molecule has 1 aromatic carbocycles. The topological polar surface area (TPSA) is 73.8 Å². The number of fused-ring (bicyclic) bond motifs is 1. The lowest BCUT2D eigenvalue weighted by molar-refractivity contribution is 0.100. The highest BCUT2D eigenvalue weighted by Gasteiger charge is 2.17. The molecule has 5 nitrogen and oxygen atoms in total. The van der Waals surface area contributed by atoms with Crippen LogP contribution in [0.5, 0.6) is 0 Å². The van der Waals surface area contributed by atoms with E-state index < -0.39 is 5.91 Å². The molecule has 0 unspecified atom stereocenters. The van der Waals surface area contributed by atoms with Crippen molar-refractivity contribution in [2.75, 3.05) is 0 Å². The van der Waals surface area contributed by atoms with E-state index in [9.17, 15) is 4.79 Å². The molecule has 0 saturated heterocycles. The molecule has 0 fully saturated rings. The lowest BCUT2D eigenvalue weighted by Crippen LogP contribution is -2.13. The van der Waals surface area contributed by atoms with Gasteiger partial charge in [-0.3, -0.25) is 9.78 Å². The van der Waals surface area contributed by atoms with Crippen LogP contribution in [0.1, 0.15) is 17.3 Å². The van der Waals surface area contributed by atoms with E-state index in [1.807, 2.05) is 41.8 Å². The van der Waals surface area contributed by atoms with Crippen molar-refractivity contribution in [3.8, 4) is 11.3 Å². The lowest BCUT2D eigenvalue weighted by Gasteiger charge is -2.07. The van der Waals surface area contributed by atoms with Crippen LogP contribution in [0.4, 0.5) is 0 Å². The predicted molar refractivity (Wildman–Crippen MR) is 84.4 cm³/mol. The number of nitrogens with zero attached hydrogens (tertiary/aromatic N) is 3. The molecule has 0 aliphatic carbocycles. The van der Waals surface area contributed by atoms with E-state index in [0.717, 1.165) is 23.3 Å². The van der Waals surface area contributed by atoms with Gasteiger partial charge in [-0.05, 0) is 6.92 Å². The second-order valence-electron chi connectivity index (χ2n) is 4.48. The Kier molecular flexibility index (Phi) is 4.23. The van der Waals surface area contributed by atoms with Crippen molar-refractivity contribution in [3.05, 3.63) is 48.4 Å². The number of rotatable bonds is 3. The van der Waals surface area contributed by atoms with E-state index in [2.05, 4.69) is 9.97 Å². The predicted octanol–water partition coefficient (Wildman–Crippen LogP) is 2.64. The second kappa shape index (κ2) is 5.93. The zero-order valence-corrected chi connectivity index (χ0v) is 12.3. The Bertz CT molecular complexity index is 783. The van der Waals surface area contributed by atoms with Crippen LogP contribution in [0.3, 0.4) is 0 Å². The summed E-state index contributed by atoms with van der Waals surface area (Å²) in [6, 6.07) is 9.78. The molecule has 0 atom stereocenters. The van der Waals surface area contributed by atoms with Crippen molar-refractivity contribution < 1.29 is 4.79 Å². The molecule has 0 aliphatic heterocycles. The maximum atomic E-state index is 11.6. The van der Waals surface area contributed by atoms with Crippen LogP contribution in [0.15, 0.2) is 42.9 Å². The summed E-state index contributed by atoms with van der Waals surface area (Å²) in [6.07, 6.45) is 3.24. The van der Waals surface area contributed by atoms with Crippen molar-refractivity contribution >= 4 is 29.3 Å². The molecule has 6 heteroatoms. The molecule has 0 bridgehead atoms. The van der Waals surface area contributed by atoms with Gasteiger partial charge in [0.2, 0.25) is 0 Å². The zero-order chi connectivity index (χ0) is 14.1. The van der Waals surface area contributed by atoms with E-state index in [4.69, 9.17) is 5.73 Å². The fraction of sp³-hybridized carbons (Fsp3) is 0.133. The summed E-state index contributed by atoms with van der Waals surface area (Å²) in [7, 11) is 0. The number of aromatic nitrogens is 3. The maximum Gasteiger partial charge on any atom is 0.252 e. The summed E-state index contributed by atoms with van der Waals surface area (Å²) >= 11 is 0. The zero-order valence-electron chi connectivity index (χ0n) is 11.5. The maximum absolute atomic E-state index is 11.6. The Morgan fingerprint density at radius 1 is 1.24 bits per heavy atom. The van der Waals surface area contributed by atoms with Gasteiger partial charge in [0.25, 0.3) is 5.91 Å². The summed E-state index contributed by atoms with van der Waals surface area (Å²) in [5, 5.41) is 0. The largest absolute Gasteiger partial charge is 0.365 e. The Balaban J connectivity index is 0.00000161. The molecule has 0 spiro atoms. The Labute approximate surface area is 128 Å². The van der Waals surface area contributed by atoms with Crippen LogP contribution < -0.4 is 5.73 Å². The lowest BCUT2D eigenvalue weighted by atomic mass is 10.1. The highest BCUT2D eigenvalue weighted by Crippen LogP contribution is 2.27. The number of imidazole rings is 1. The molecule has 2 aromatic heterocycles. The number of carbonyl (C=O) groups excluding carboxylic acids is 1. The van der Waals surface area contributed by atoms with E-state index in [1.165, 1.54) is 6.20 Å². The minimum absolute atomic E-state index is 0. The standard InChI is InChI=1S/C15H14N4O.ClH/c1-2-19-9-18-13-12(10-6-4-3-5-7-10)17-8-11(14(13)19)15(16)20;/h3-9H,2H2,1H3,(H2,16,20);1H. The SMILES string of the molecule is CCn1cnc2c(-c3ccccc3)ncc(C(N)=O)c21.Cl. The van der Waals surface area contributed by atoms with E-state index in [-0.39, 0.29) is 12.4 Å². The number of aryl methyl sites for hydroxylation is 1. The van der Waals surface area contributed by atoms with Gasteiger partial charge in [0.1, 0.15) is 5.52 Å². The van der Waals surface area contributed by atoms with Gasteiger partial charge in [-0.15, -0.1) is 12.4 Å².